The largest absolute Gasteiger partial charge is 0.449 e. The molecule has 1 aromatic rings. The molecule has 1 atom stereocenters. The zero-order chi connectivity index (χ0) is 12.0. The first-order valence-electron chi connectivity index (χ1n) is 5.04. The minimum Gasteiger partial charge on any atom is -0.449 e. The molecule has 0 spiro atoms. The van der Waals surface area contributed by atoms with Gasteiger partial charge in [0.25, 0.3) is 0 Å². The summed E-state index contributed by atoms with van der Waals surface area (Å²) < 4.78 is 5.01. The Kier molecular flexibility index (Phi) is 4.45. The summed E-state index contributed by atoms with van der Waals surface area (Å²) in [5.74, 6) is -0.699. The Labute approximate surface area is 94.7 Å². The summed E-state index contributed by atoms with van der Waals surface area (Å²) in [5.41, 5.74) is 0.681. The van der Waals surface area contributed by atoms with Crippen LogP contribution in [0.4, 0.5) is 0 Å². The molecule has 1 aromatic carbocycles. The van der Waals surface area contributed by atoms with Crippen molar-refractivity contribution in [3.8, 4) is 0 Å². The van der Waals surface area contributed by atoms with Crippen LogP contribution in [0.15, 0.2) is 42.5 Å². The van der Waals surface area contributed by atoms with E-state index in [4.69, 9.17) is 4.74 Å². The third-order valence-electron chi connectivity index (χ3n) is 1.98. The van der Waals surface area contributed by atoms with Gasteiger partial charge in [0.05, 0.1) is 0 Å². The van der Waals surface area contributed by atoms with Gasteiger partial charge in [-0.25, -0.2) is 0 Å². The zero-order valence-electron chi connectivity index (χ0n) is 9.34. The summed E-state index contributed by atoms with van der Waals surface area (Å²) in [6.45, 7) is 3.03. The number of ketones is 1. The van der Waals surface area contributed by atoms with Crippen molar-refractivity contribution in [1.29, 1.82) is 0 Å². The Morgan fingerprint density at radius 1 is 1.25 bits per heavy atom. The fourth-order valence-corrected chi connectivity index (χ4v) is 1.34. The van der Waals surface area contributed by atoms with E-state index in [1.807, 2.05) is 6.07 Å². The van der Waals surface area contributed by atoms with Crippen LogP contribution in [0, 0.1) is 0 Å². The van der Waals surface area contributed by atoms with Gasteiger partial charge in [0.1, 0.15) is 0 Å². The highest BCUT2D eigenvalue weighted by atomic mass is 16.5. The van der Waals surface area contributed by atoms with E-state index in [0.29, 0.717) is 5.56 Å². The second kappa shape index (κ2) is 5.85. The van der Waals surface area contributed by atoms with Crippen molar-refractivity contribution in [3.63, 3.8) is 0 Å². The quantitative estimate of drug-likeness (QED) is 0.576. The average molecular weight is 218 g/mol. The molecule has 0 bridgehead atoms. The summed E-state index contributed by atoms with van der Waals surface area (Å²) in [7, 11) is 0. The Morgan fingerprint density at radius 2 is 1.88 bits per heavy atom. The summed E-state index contributed by atoms with van der Waals surface area (Å²) in [6.07, 6.45) is 2.19. The maximum atomic E-state index is 11.7. The van der Waals surface area contributed by atoms with Gasteiger partial charge in [-0.3, -0.25) is 9.59 Å². The molecule has 0 saturated carbocycles. The van der Waals surface area contributed by atoms with Crippen molar-refractivity contribution in [2.75, 3.05) is 0 Å². The fourth-order valence-electron chi connectivity index (χ4n) is 1.34. The Hall–Kier alpha value is -1.90. The molecule has 1 rings (SSSR count). The molecule has 0 aliphatic rings. The number of allylic oxidation sites excluding steroid dienone is 1. The van der Waals surface area contributed by atoms with Crippen molar-refractivity contribution in [3.05, 3.63) is 48.0 Å². The highest BCUT2D eigenvalue weighted by Gasteiger charge is 2.20. The number of hydrogen-bond donors (Lipinski definition) is 0. The van der Waals surface area contributed by atoms with E-state index in [2.05, 4.69) is 0 Å². The highest BCUT2D eigenvalue weighted by molar-refractivity contribution is 5.95. The van der Waals surface area contributed by atoms with Crippen LogP contribution in [0.5, 0.6) is 0 Å². The van der Waals surface area contributed by atoms with Crippen molar-refractivity contribution >= 4 is 11.8 Å². The van der Waals surface area contributed by atoms with Crippen molar-refractivity contribution in [2.45, 2.75) is 20.0 Å². The van der Waals surface area contributed by atoms with Crippen LogP contribution in [0.2, 0.25) is 0 Å². The lowest BCUT2D eigenvalue weighted by Gasteiger charge is -2.14. The summed E-state index contributed by atoms with van der Waals surface area (Å²) in [5, 5.41) is 0. The molecule has 0 fully saturated rings. The third-order valence-corrected chi connectivity index (χ3v) is 1.98. The Morgan fingerprint density at radius 3 is 2.38 bits per heavy atom. The predicted molar refractivity (Wildman–Crippen MR) is 60.8 cm³/mol. The number of esters is 1. The zero-order valence-corrected chi connectivity index (χ0v) is 9.34. The second-order valence-electron chi connectivity index (χ2n) is 3.30. The monoisotopic (exact) mass is 218 g/mol. The second-order valence-corrected chi connectivity index (χ2v) is 3.30. The van der Waals surface area contributed by atoms with Gasteiger partial charge in [0, 0.05) is 12.5 Å². The predicted octanol–water partition coefficient (Wildman–Crippen LogP) is 2.44. The summed E-state index contributed by atoms with van der Waals surface area (Å²) >= 11 is 0. The van der Waals surface area contributed by atoms with Crippen LogP contribution in [0.25, 0.3) is 0 Å². The minimum absolute atomic E-state index is 0.233. The number of carbonyl (C=O) groups excluding carboxylic acids is 2. The standard InChI is InChI=1S/C13H14O3/c1-3-7-12(15)13(16-10(2)14)11-8-5-4-6-9-11/h3-9,13H,1-2H3. The molecule has 3 heteroatoms. The average Bonchev–Trinajstić information content (AvgIpc) is 2.27. The normalized spacial score (nSPS) is 12.4. The van der Waals surface area contributed by atoms with Gasteiger partial charge in [-0.2, -0.15) is 0 Å². The van der Waals surface area contributed by atoms with Gasteiger partial charge in [0.15, 0.2) is 6.10 Å². The molecule has 1 unspecified atom stereocenters. The van der Waals surface area contributed by atoms with Gasteiger partial charge < -0.3 is 4.74 Å². The molecule has 0 aliphatic heterocycles. The van der Waals surface area contributed by atoms with E-state index >= 15 is 0 Å². The molecule has 0 N–H and O–H groups in total. The molecule has 84 valence electrons. The maximum Gasteiger partial charge on any atom is 0.303 e. The topological polar surface area (TPSA) is 43.4 Å². The molecule has 0 aromatic heterocycles. The van der Waals surface area contributed by atoms with Crippen LogP contribution in [-0.4, -0.2) is 11.8 Å². The van der Waals surface area contributed by atoms with Crippen molar-refractivity contribution < 1.29 is 14.3 Å². The molecule has 0 amide bonds. The van der Waals surface area contributed by atoms with E-state index in [9.17, 15) is 9.59 Å². The fraction of sp³-hybridized carbons (Fsp3) is 0.231. The lowest BCUT2D eigenvalue weighted by Crippen LogP contribution is -2.16. The lowest BCUT2D eigenvalue weighted by atomic mass is 10.1. The molecule has 16 heavy (non-hydrogen) atoms. The van der Waals surface area contributed by atoms with Gasteiger partial charge in [-0.1, -0.05) is 36.4 Å². The summed E-state index contributed by atoms with van der Waals surface area (Å²) in [6, 6.07) is 8.96. The van der Waals surface area contributed by atoms with Crippen LogP contribution in [0.3, 0.4) is 0 Å². The number of ether oxygens (including phenoxy) is 1. The van der Waals surface area contributed by atoms with E-state index < -0.39 is 12.1 Å². The SMILES string of the molecule is CC=CC(=O)C(OC(C)=O)c1ccccc1. The molecule has 3 nitrogen and oxygen atoms in total. The van der Waals surface area contributed by atoms with E-state index in [-0.39, 0.29) is 5.78 Å². The van der Waals surface area contributed by atoms with Gasteiger partial charge in [-0.05, 0) is 13.0 Å². The number of hydrogen-bond acceptors (Lipinski definition) is 3. The molecule has 0 radical (unpaired) electrons. The van der Waals surface area contributed by atoms with Gasteiger partial charge in [0.2, 0.25) is 5.78 Å². The number of benzene rings is 1. The molecule has 0 heterocycles. The molecule has 0 aliphatic carbocycles. The lowest BCUT2D eigenvalue weighted by molar-refractivity contribution is -0.151. The van der Waals surface area contributed by atoms with Gasteiger partial charge >= 0.3 is 5.97 Å². The van der Waals surface area contributed by atoms with Crippen molar-refractivity contribution in [1.82, 2.24) is 0 Å². The smallest absolute Gasteiger partial charge is 0.303 e. The first kappa shape index (κ1) is 12.2. The van der Waals surface area contributed by atoms with Crippen LogP contribution in [-0.2, 0) is 14.3 Å². The summed E-state index contributed by atoms with van der Waals surface area (Å²) in [4.78, 5) is 22.7. The minimum atomic E-state index is -0.838. The number of carbonyl (C=O) groups is 2. The van der Waals surface area contributed by atoms with E-state index in [1.165, 1.54) is 13.0 Å². The van der Waals surface area contributed by atoms with Crippen LogP contribution < -0.4 is 0 Å². The van der Waals surface area contributed by atoms with Crippen LogP contribution >= 0.6 is 0 Å². The third kappa shape index (κ3) is 3.35. The highest BCUT2D eigenvalue weighted by Crippen LogP contribution is 2.19. The van der Waals surface area contributed by atoms with Crippen molar-refractivity contribution in [2.24, 2.45) is 0 Å². The Balaban J connectivity index is 2.96. The van der Waals surface area contributed by atoms with E-state index in [0.717, 1.165) is 0 Å². The number of rotatable bonds is 4. The molecular formula is C13H14O3. The van der Waals surface area contributed by atoms with Crippen LogP contribution in [0.1, 0.15) is 25.5 Å². The Bertz CT molecular complexity index is 393. The maximum absolute atomic E-state index is 11.7. The molecule has 0 saturated heterocycles. The molecular weight excluding hydrogens is 204 g/mol. The van der Waals surface area contributed by atoms with Gasteiger partial charge in [-0.15, -0.1) is 0 Å². The first-order chi connectivity index (χ1) is 7.65. The van der Waals surface area contributed by atoms with E-state index in [1.54, 1.807) is 37.3 Å². The first-order valence-corrected chi connectivity index (χ1v) is 5.04.